The van der Waals surface area contributed by atoms with Crippen molar-refractivity contribution >= 4 is 0 Å². The summed E-state index contributed by atoms with van der Waals surface area (Å²) in [7, 11) is 0. The summed E-state index contributed by atoms with van der Waals surface area (Å²) in [6.45, 7) is 2.00. The summed E-state index contributed by atoms with van der Waals surface area (Å²) in [5.74, 6) is 2.97. The lowest BCUT2D eigenvalue weighted by Gasteiger charge is -2.28. The molecule has 0 radical (unpaired) electrons. The van der Waals surface area contributed by atoms with Gasteiger partial charge in [0.25, 0.3) is 0 Å². The maximum absolute atomic E-state index is 10.6. The number of rotatable bonds is 6. The van der Waals surface area contributed by atoms with E-state index in [4.69, 9.17) is 0 Å². The van der Waals surface area contributed by atoms with Crippen LogP contribution in [0.25, 0.3) is 0 Å². The zero-order chi connectivity index (χ0) is 12.4. The van der Waals surface area contributed by atoms with E-state index in [1.54, 1.807) is 0 Å². The molecule has 0 heterocycles. The highest BCUT2D eigenvalue weighted by Crippen LogP contribution is 2.48. The molecule has 0 amide bonds. The van der Waals surface area contributed by atoms with Crippen molar-refractivity contribution in [1.29, 1.82) is 0 Å². The predicted molar refractivity (Wildman–Crippen MR) is 74.5 cm³/mol. The second-order valence-electron chi connectivity index (χ2n) is 7.11. The minimum absolute atomic E-state index is 0.395. The van der Waals surface area contributed by atoms with Crippen LogP contribution in [0.5, 0.6) is 0 Å². The lowest BCUT2D eigenvalue weighted by atomic mass is 9.93. The summed E-state index contributed by atoms with van der Waals surface area (Å²) in [5, 5.41) is 14.2. The smallest absolute Gasteiger partial charge is 0.0771 e. The highest BCUT2D eigenvalue weighted by atomic mass is 16.3. The fourth-order valence-electron chi connectivity index (χ4n) is 3.80. The highest BCUT2D eigenvalue weighted by Gasteiger charge is 2.41. The molecule has 3 fully saturated rings. The van der Waals surface area contributed by atoms with Gasteiger partial charge >= 0.3 is 0 Å². The molecule has 0 bridgehead atoms. The van der Waals surface area contributed by atoms with Gasteiger partial charge < -0.3 is 10.4 Å². The first-order valence-electron chi connectivity index (χ1n) is 8.20. The van der Waals surface area contributed by atoms with Crippen LogP contribution in [0.4, 0.5) is 0 Å². The van der Waals surface area contributed by atoms with Crippen LogP contribution in [0.15, 0.2) is 0 Å². The summed E-state index contributed by atoms with van der Waals surface area (Å²) in [6.07, 6.45) is 12.9. The van der Waals surface area contributed by atoms with Gasteiger partial charge in [0.05, 0.1) is 5.60 Å². The summed E-state index contributed by atoms with van der Waals surface area (Å²) in [5.41, 5.74) is -0.395. The fourth-order valence-corrected chi connectivity index (χ4v) is 3.80. The van der Waals surface area contributed by atoms with Crippen LogP contribution in [0.2, 0.25) is 0 Å². The van der Waals surface area contributed by atoms with E-state index in [1.165, 1.54) is 51.4 Å². The Bertz CT molecular complexity index is 250. The molecule has 2 N–H and O–H groups in total. The predicted octanol–water partition coefficient (Wildman–Crippen LogP) is 3.10. The Morgan fingerprint density at radius 3 is 2.00 bits per heavy atom. The second-order valence-corrected chi connectivity index (χ2v) is 7.11. The van der Waals surface area contributed by atoms with Crippen LogP contribution in [-0.2, 0) is 0 Å². The van der Waals surface area contributed by atoms with Crippen LogP contribution < -0.4 is 5.32 Å². The van der Waals surface area contributed by atoms with Crippen molar-refractivity contribution in [3.05, 3.63) is 0 Å². The van der Waals surface area contributed by atoms with E-state index in [1.807, 2.05) is 0 Å². The van der Waals surface area contributed by atoms with Gasteiger partial charge in [-0.15, -0.1) is 0 Å². The molecule has 0 aromatic heterocycles. The molecule has 104 valence electrons. The largest absolute Gasteiger partial charge is 0.389 e. The third-order valence-corrected chi connectivity index (χ3v) is 5.32. The lowest BCUT2D eigenvalue weighted by molar-refractivity contribution is 0.0241. The molecule has 3 rings (SSSR count). The monoisotopic (exact) mass is 251 g/mol. The van der Waals surface area contributed by atoms with Gasteiger partial charge in [-0.1, -0.05) is 25.7 Å². The van der Waals surface area contributed by atoms with E-state index in [2.05, 4.69) is 5.32 Å². The molecule has 2 heteroatoms. The third kappa shape index (κ3) is 3.48. The van der Waals surface area contributed by atoms with E-state index in [0.717, 1.165) is 43.7 Å². The Labute approximate surface area is 112 Å². The summed E-state index contributed by atoms with van der Waals surface area (Å²) in [6, 6.07) is 0. The number of hydrogen-bond donors (Lipinski definition) is 2. The Balaban J connectivity index is 1.42. The first kappa shape index (κ1) is 12.9. The van der Waals surface area contributed by atoms with Crippen LogP contribution >= 0.6 is 0 Å². The molecule has 0 atom stereocenters. The quantitative estimate of drug-likeness (QED) is 0.711. The van der Waals surface area contributed by atoms with Crippen molar-refractivity contribution in [2.24, 2.45) is 17.8 Å². The van der Waals surface area contributed by atoms with E-state index in [0.29, 0.717) is 0 Å². The maximum atomic E-state index is 10.6. The van der Waals surface area contributed by atoms with Crippen LogP contribution in [-0.4, -0.2) is 23.8 Å². The summed E-state index contributed by atoms with van der Waals surface area (Å²) >= 11 is 0. The zero-order valence-corrected chi connectivity index (χ0v) is 11.7. The number of hydrogen-bond acceptors (Lipinski definition) is 2. The average molecular weight is 251 g/mol. The van der Waals surface area contributed by atoms with Crippen LogP contribution in [0, 0.1) is 17.8 Å². The summed E-state index contributed by atoms with van der Waals surface area (Å²) < 4.78 is 0. The molecule has 2 nitrogen and oxygen atoms in total. The molecule has 0 unspecified atom stereocenters. The Morgan fingerprint density at radius 2 is 1.50 bits per heavy atom. The van der Waals surface area contributed by atoms with Gasteiger partial charge in [-0.25, -0.2) is 0 Å². The van der Waals surface area contributed by atoms with Gasteiger partial charge in [-0.2, -0.15) is 0 Å². The van der Waals surface area contributed by atoms with E-state index in [9.17, 15) is 5.11 Å². The molecule has 0 aromatic carbocycles. The van der Waals surface area contributed by atoms with Crippen molar-refractivity contribution in [2.75, 3.05) is 13.1 Å². The Kier molecular flexibility index (Phi) is 3.95. The Hall–Kier alpha value is -0.0800. The normalized spacial score (nSPS) is 28.3. The fraction of sp³-hybridized carbons (Fsp3) is 1.00. The molecule has 0 aromatic rings. The topological polar surface area (TPSA) is 32.3 Å². The van der Waals surface area contributed by atoms with E-state index in [-0.39, 0.29) is 0 Å². The zero-order valence-electron chi connectivity index (χ0n) is 11.7. The highest BCUT2D eigenvalue weighted by molar-refractivity contribution is 4.93. The van der Waals surface area contributed by atoms with Crippen molar-refractivity contribution < 1.29 is 5.11 Å². The second kappa shape index (κ2) is 5.50. The first-order chi connectivity index (χ1) is 8.77. The van der Waals surface area contributed by atoms with Crippen molar-refractivity contribution in [1.82, 2.24) is 5.32 Å². The molecular weight excluding hydrogens is 222 g/mol. The summed E-state index contributed by atoms with van der Waals surface area (Å²) in [4.78, 5) is 0. The molecule has 3 aliphatic rings. The minimum atomic E-state index is -0.395. The molecule has 3 saturated carbocycles. The van der Waals surface area contributed by atoms with E-state index < -0.39 is 5.60 Å². The van der Waals surface area contributed by atoms with Gasteiger partial charge in [-0.3, -0.25) is 0 Å². The SMILES string of the molecule is OC1(CNCC(C2CC2)C2CC2)CCCCCC1. The van der Waals surface area contributed by atoms with Crippen LogP contribution in [0.1, 0.15) is 64.2 Å². The van der Waals surface area contributed by atoms with Gasteiger partial charge in [0, 0.05) is 6.54 Å². The molecular formula is C16H29NO. The standard InChI is InChI=1S/C16H29NO/c18-16(9-3-1-2-4-10-16)12-17-11-15(13-5-6-13)14-7-8-14/h13-15,17-18H,1-12H2. The number of nitrogens with one attached hydrogen (secondary N) is 1. The van der Waals surface area contributed by atoms with Crippen LogP contribution in [0.3, 0.4) is 0 Å². The molecule has 18 heavy (non-hydrogen) atoms. The van der Waals surface area contributed by atoms with Gasteiger partial charge in [0.1, 0.15) is 0 Å². The molecule has 0 saturated heterocycles. The first-order valence-corrected chi connectivity index (χ1v) is 8.20. The average Bonchev–Trinajstić information content (AvgIpc) is 3.17. The molecule has 3 aliphatic carbocycles. The lowest BCUT2D eigenvalue weighted by Crippen LogP contribution is -2.42. The van der Waals surface area contributed by atoms with Crippen molar-refractivity contribution in [2.45, 2.75) is 69.8 Å². The molecule has 0 spiro atoms. The Morgan fingerprint density at radius 1 is 0.944 bits per heavy atom. The van der Waals surface area contributed by atoms with Gasteiger partial charge in [0.15, 0.2) is 0 Å². The van der Waals surface area contributed by atoms with Crippen molar-refractivity contribution in [3.8, 4) is 0 Å². The van der Waals surface area contributed by atoms with Crippen molar-refractivity contribution in [3.63, 3.8) is 0 Å². The third-order valence-electron chi connectivity index (χ3n) is 5.32. The number of aliphatic hydroxyl groups is 1. The van der Waals surface area contributed by atoms with E-state index >= 15 is 0 Å². The maximum Gasteiger partial charge on any atom is 0.0771 e. The van der Waals surface area contributed by atoms with Gasteiger partial charge in [0.2, 0.25) is 0 Å². The minimum Gasteiger partial charge on any atom is -0.389 e. The molecule has 0 aliphatic heterocycles. The van der Waals surface area contributed by atoms with Gasteiger partial charge in [-0.05, 0) is 62.8 Å².